The summed E-state index contributed by atoms with van der Waals surface area (Å²) in [6.07, 6.45) is 9.24. The summed E-state index contributed by atoms with van der Waals surface area (Å²) in [5, 5.41) is 0. The minimum Gasteiger partial charge on any atom is -0.359 e. The summed E-state index contributed by atoms with van der Waals surface area (Å²) in [6.45, 7) is 7.66. The van der Waals surface area contributed by atoms with Crippen molar-refractivity contribution in [2.75, 3.05) is 13.9 Å². The van der Waals surface area contributed by atoms with Gasteiger partial charge in [-0.1, -0.05) is 33.1 Å². The smallest absolute Gasteiger partial charge is 0.147 e. The maximum atomic E-state index is 6.17. The Hall–Kier alpha value is -0.0800. The van der Waals surface area contributed by atoms with E-state index in [-0.39, 0.29) is 5.60 Å². The van der Waals surface area contributed by atoms with Crippen LogP contribution in [0.2, 0.25) is 0 Å². The van der Waals surface area contributed by atoms with Crippen molar-refractivity contribution in [3.8, 4) is 0 Å². The zero-order valence-electron chi connectivity index (χ0n) is 12.0. The van der Waals surface area contributed by atoms with Crippen LogP contribution in [0.4, 0.5) is 0 Å². The van der Waals surface area contributed by atoms with Crippen molar-refractivity contribution >= 4 is 0 Å². The summed E-state index contributed by atoms with van der Waals surface area (Å²) < 4.78 is 11.3. The van der Waals surface area contributed by atoms with Crippen LogP contribution in [0.5, 0.6) is 0 Å². The Morgan fingerprint density at radius 1 is 0.882 bits per heavy atom. The monoisotopic (exact) mass is 240 g/mol. The summed E-state index contributed by atoms with van der Waals surface area (Å²) >= 11 is 0. The van der Waals surface area contributed by atoms with Crippen molar-refractivity contribution in [2.24, 2.45) is 10.8 Å². The lowest BCUT2D eigenvalue weighted by Crippen LogP contribution is -2.55. The van der Waals surface area contributed by atoms with Gasteiger partial charge in [-0.15, -0.1) is 0 Å². The van der Waals surface area contributed by atoms with Crippen LogP contribution in [-0.2, 0) is 9.47 Å². The van der Waals surface area contributed by atoms with Crippen molar-refractivity contribution in [3.05, 3.63) is 0 Å². The van der Waals surface area contributed by atoms with Crippen molar-refractivity contribution in [1.29, 1.82) is 0 Å². The third kappa shape index (κ3) is 1.94. The molecule has 0 radical (unpaired) electrons. The van der Waals surface area contributed by atoms with Crippen LogP contribution >= 0.6 is 0 Å². The third-order valence-electron chi connectivity index (χ3n) is 5.72. The van der Waals surface area contributed by atoms with Gasteiger partial charge in [0.15, 0.2) is 0 Å². The molecular weight excluding hydrogens is 212 g/mol. The first-order valence-corrected chi connectivity index (χ1v) is 7.10. The standard InChI is InChI=1S/C15H28O2/c1-13(2)8-7-11-15(13)10-6-5-9-14(15,3)17-12-16-4/h5-12H2,1-4H3/t14-,15+/m0/s1. The van der Waals surface area contributed by atoms with Gasteiger partial charge in [0.2, 0.25) is 0 Å². The molecule has 0 unspecified atom stereocenters. The van der Waals surface area contributed by atoms with Crippen molar-refractivity contribution in [2.45, 2.75) is 71.3 Å². The SMILES string of the molecule is COCO[C@@]1(C)CCCC[C@]12CCCC2(C)C. The number of hydrogen-bond acceptors (Lipinski definition) is 2. The fourth-order valence-electron chi connectivity index (χ4n) is 4.65. The predicted molar refractivity (Wildman–Crippen MR) is 69.9 cm³/mol. The van der Waals surface area contributed by atoms with Gasteiger partial charge in [0, 0.05) is 12.5 Å². The van der Waals surface area contributed by atoms with Gasteiger partial charge in [-0.3, -0.25) is 0 Å². The van der Waals surface area contributed by atoms with Crippen LogP contribution in [0.3, 0.4) is 0 Å². The quantitative estimate of drug-likeness (QED) is 0.690. The van der Waals surface area contributed by atoms with Crippen molar-refractivity contribution in [1.82, 2.24) is 0 Å². The third-order valence-corrected chi connectivity index (χ3v) is 5.72. The molecule has 2 atom stereocenters. The summed E-state index contributed by atoms with van der Waals surface area (Å²) in [6, 6.07) is 0. The lowest BCUT2D eigenvalue weighted by molar-refractivity contribution is -0.220. The van der Waals surface area contributed by atoms with Gasteiger partial charge < -0.3 is 9.47 Å². The van der Waals surface area contributed by atoms with E-state index in [1.165, 1.54) is 44.9 Å². The molecule has 2 heteroatoms. The number of ether oxygens (including phenoxy) is 2. The molecule has 0 aromatic carbocycles. The molecule has 0 aliphatic heterocycles. The second kappa shape index (κ2) is 4.55. The molecular formula is C15H28O2. The molecule has 0 bridgehead atoms. The van der Waals surface area contributed by atoms with E-state index >= 15 is 0 Å². The second-order valence-corrected chi connectivity index (χ2v) is 6.81. The van der Waals surface area contributed by atoms with E-state index < -0.39 is 0 Å². The van der Waals surface area contributed by atoms with Crippen LogP contribution in [-0.4, -0.2) is 19.5 Å². The molecule has 100 valence electrons. The minimum atomic E-state index is 0.0151. The van der Waals surface area contributed by atoms with E-state index in [2.05, 4.69) is 20.8 Å². The second-order valence-electron chi connectivity index (χ2n) is 6.81. The van der Waals surface area contributed by atoms with Crippen molar-refractivity contribution < 1.29 is 9.47 Å². The molecule has 2 rings (SSSR count). The van der Waals surface area contributed by atoms with Gasteiger partial charge in [-0.25, -0.2) is 0 Å². The Morgan fingerprint density at radius 3 is 2.12 bits per heavy atom. The average molecular weight is 240 g/mol. The lowest BCUT2D eigenvalue weighted by Gasteiger charge is -2.56. The fraction of sp³-hybridized carbons (Fsp3) is 1.00. The Bertz CT molecular complexity index is 274. The molecule has 0 N–H and O–H groups in total. The van der Waals surface area contributed by atoms with Crippen LogP contribution < -0.4 is 0 Å². The van der Waals surface area contributed by atoms with Gasteiger partial charge in [0.25, 0.3) is 0 Å². The largest absolute Gasteiger partial charge is 0.359 e. The van der Waals surface area contributed by atoms with E-state index in [1.807, 2.05) is 0 Å². The summed E-state index contributed by atoms with van der Waals surface area (Å²) in [5.74, 6) is 0. The number of rotatable bonds is 3. The normalized spacial score (nSPS) is 40.9. The zero-order valence-corrected chi connectivity index (χ0v) is 12.0. The average Bonchev–Trinajstić information content (AvgIpc) is 2.58. The predicted octanol–water partition coefficient (Wildman–Crippen LogP) is 4.14. The van der Waals surface area contributed by atoms with Crippen LogP contribution in [0, 0.1) is 10.8 Å². The fourth-order valence-corrected chi connectivity index (χ4v) is 4.65. The van der Waals surface area contributed by atoms with E-state index in [1.54, 1.807) is 7.11 Å². The summed E-state index contributed by atoms with van der Waals surface area (Å²) in [4.78, 5) is 0. The van der Waals surface area contributed by atoms with Gasteiger partial charge >= 0.3 is 0 Å². The van der Waals surface area contributed by atoms with Crippen LogP contribution in [0.1, 0.15) is 65.7 Å². The molecule has 2 saturated carbocycles. The minimum absolute atomic E-state index is 0.0151. The molecule has 0 aromatic heterocycles. The highest BCUT2D eigenvalue weighted by molar-refractivity contribution is 5.10. The maximum absolute atomic E-state index is 6.17. The van der Waals surface area contributed by atoms with Gasteiger partial charge in [0.05, 0.1) is 5.60 Å². The van der Waals surface area contributed by atoms with Crippen LogP contribution in [0.15, 0.2) is 0 Å². The Kier molecular flexibility index (Phi) is 3.57. The Labute approximate surface area is 106 Å². The summed E-state index contributed by atoms with van der Waals surface area (Å²) in [5.41, 5.74) is 0.800. The molecule has 0 saturated heterocycles. The molecule has 2 aliphatic carbocycles. The van der Waals surface area contributed by atoms with E-state index in [0.717, 1.165) is 0 Å². The number of methoxy groups -OCH3 is 1. The molecule has 17 heavy (non-hydrogen) atoms. The molecule has 2 fully saturated rings. The van der Waals surface area contributed by atoms with Crippen molar-refractivity contribution in [3.63, 3.8) is 0 Å². The maximum Gasteiger partial charge on any atom is 0.147 e. The molecule has 1 spiro atoms. The first-order chi connectivity index (χ1) is 7.97. The molecule has 0 heterocycles. The molecule has 0 aromatic rings. The lowest BCUT2D eigenvalue weighted by atomic mass is 9.53. The highest BCUT2D eigenvalue weighted by Crippen LogP contribution is 2.64. The van der Waals surface area contributed by atoms with E-state index in [9.17, 15) is 0 Å². The van der Waals surface area contributed by atoms with E-state index in [4.69, 9.17) is 9.47 Å². The van der Waals surface area contributed by atoms with Gasteiger partial charge in [0.1, 0.15) is 6.79 Å². The van der Waals surface area contributed by atoms with Gasteiger partial charge in [-0.2, -0.15) is 0 Å². The Balaban J connectivity index is 2.27. The Morgan fingerprint density at radius 2 is 1.53 bits per heavy atom. The first-order valence-electron chi connectivity index (χ1n) is 7.10. The van der Waals surface area contributed by atoms with E-state index in [0.29, 0.717) is 17.6 Å². The first kappa shape index (κ1) is 13.4. The molecule has 2 nitrogen and oxygen atoms in total. The van der Waals surface area contributed by atoms with Crippen LogP contribution in [0.25, 0.3) is 0 Å². The molecule has 0 amide bonds. The summed E-state index contributed by atoms with van der Waals surface area (Å²) in [7, 11) is 1.72. The van der Waals surface area contributed by atoms with Gasteiger partial charge in [-0.05, 0) is 38.0 Å². The highest BCUT2D eigenvalue weighted by Gasteiger charge is 2.60. The topological polar surface area (TPSA) is 18.5 Å². The molecule has 2 aliphatic rings. The number of hydrogen-bond donors (Lipinski definition) is 0. The zero-order chi connectivity index (χ0) is 12.6. The highest BCUT2D eigenvalue weighted by atomic mass is 16.7.